The lowest BCUT2D eigenvalue weighted by atomic mass is 9.89. The van der Waals surface area contributed by atoms with Crippen LogP contribution < -0.4 is 48.7 Å². The predicted octanol–water partition coefficient (Wildman–Crippen LogP) is -4.63. The highest BCUT2D eigenvalue weighted by Crippen LogP contribution is 2.25. The number of aliphatic carboxylic acids is 1. The molecule has 0 radical (unpaired) electrons. The molecule has 1 rings (SSSR count). The smallest absolute Gasteiger partial charge is 0.331 e. The van der Waals surface area contributed by atoms with Gasteiger partial charge >= 0.3 is 11.9 Å². The number of amides is 9. The minimum Gasteiger partial charge on any atom is -0.481 e. The minimum absolute atomic E-state index is 0.0389. The lowest BCUT2D eigenvalue weighted by Gasteiger charge is -2.34. The number of ether oxygens (including phenoxy) is 1. The van der Waals surface area contributed by atoms with Gasteiger partial charge in [-0.25, -0.2) is 4.79 Å². The Balaban J connectivity index is 3.72. The Morgan fingerprint density at radius 2 is 1.03 bits per heavy atom. The summed E-state index contributed by atoms with van der Waals surface area (Å²) >= 11 is 0. The van der Waals surface area contributed by atoms with Gasteiger partial charge in [-0.2, -0.15) is 0 Å². The van der Waals surface area contributed by atoms with Gasteiger partial charge in [-0.3, -0.25) is 47.9 Å². The third kappa shape index (κ3) is 22.2. The molecule has 10 atom stereocenters. The highest BCUT2D eigenvalue weighted by atomic mass is 16.6. The number of cyclic esters (lactones) is 1. The van der Waals surface area contributed by atoms with Crippen LogP contribution in [-0.4, -0.2) is 164 Å². The number of hydrogen-bond donors (Lipinski definition) is 14. The average Bonchev–Trinajstić information content (AvgIpc) is 3.24. The highest BCUT2D eigenvalue weighted by Gasteiger charge is 2.41. The highest BCUT2D eigenvalue weighted by molar-refractivity contribution is 6.00. The summed E-state index contributed by atoms with van der Waals surface area (Å²) in [7, 11) is 0. The summed E-state index contributed by atoms with van der Waals surface area (Å²) in [6.45, 7) is 3.25. The van der Waals surface area contributed by atoms with Crippen molar-refractivity contribution in [3.63, 3.8) is 0 Å². The number of carbonyl (C=O) groups excluding carboxylic acids is 10. The first-order valence-electron chi connectivity index (χ1n) is 22.6. The molecular formula is C42H71N9O17. The van der Waals surface area contributed by atoms with E-state index in [4.69, 9.17) is 16.2 Å². The maximum Gasteiger partial charge on any atom is 0.331 e. The number of hydrogen-bond acceptors (Lipinski definition) is 16. The zero-order chi connectivity index (χ0) is 51.7. The van der Waals surface area contributed by atoms with E-state index in [1.807, 2.05) is 16.0 Å². The molecule has 26 nitrogen and oxygen atoms in total. The molecule has 0 spiro atoms. The minimum atomic E-state index is -2.02. The molecule has 1 heterocycles. The van der Waals surface area contributed by atoms with E-state index in [0.29, 0.717) is 12.8 Å². The van der Waals surface area contributed by atoms with Gasteiger partial charge in [0, 0.05) is 0 Å². The zero-order valence-electron chi connectivity index (χ0n) is 39.0. The van der Waals surface area contributed by atoms with Gasteiger partial charge in [-0.1, -0.05) is 71.1 Å². The number of aliphatic hydroxyl groups is 4. The van der Waals surface area contributed by atoms with Crippen molar-refractivity contribution in [2.75, 3.05) is 13.2 Å². The number of carboxylic acid groups (broad SMARTS) is 1. The second-order valence-electron chi connectivity index (χ2n) is 17.0. The van der Waals surface area contributed by atoms with Crippen LogP contribution >= 0.6 is 0 Å². The number of nitrogens with two attached hydrogens (primary N) is 2. The molecule has 0 aromatic rings. The fourth-order valence-electron chi connectivity index (χ4n) is 6.87. The Hall–Kier alpha value is -5.99. The molecule has 7 unspecified atom stereocenters. The molecule has 0 aromatic heterocycles. The number of unbranched alkanes of at least 4 members (excludes halogenated alkanes) is 9. The van der Waals surface area contributed by atoms with Crippen molar-refractivity contribution >= 4 is 65.1 Å². The Morgan fingerprint density at radius 1 is 0.632 bits per heavy atom. The lowest BCUT2D eigenvalue weighted by molar-refractivity contribution is -0.172. The van der Waals surface area contributed by atoms with Crippen LogP contribution in [0.5, 0.6) is 0 Å². The van der Waals surface area contributed by atoms with Crippen LogP contribution in [0.2, 0.25) is 0 Å². The van der Waals surface area contributed by atoms with Crippen LogP contribution in [0.1, 0.15) is 124 Å². The molecule has 68 heavy (non-hydrogen) atoms. The summed E-state index contributed by atoms with van der Waals surface area (Å²) < 4.78 is 5.58. The summed E-state index contributed by atoms with van der Waals surface area (Å²) in [6, 6.07) is -13.5. The van der Waals surface area contributed by atoms with Crippen molar-refractivity contribution in [1.82, 2.24) is 37.2 Å². The van der Waals surface area contributed by atoms with E-state index in [2.05, 4.69) is 28.2 Å². The van der Waals surface area contributed by atoms with E-state index in [1.165, 1.54) is 13.3 Å². The zero-order valence-corrected chi connectivity index (χ0v) is 39.0. The number of primary amides is 2. The van der Waals surface area contributed by atoms with Crippen LogP contribution in [0.4, 0.5) is 0 Å². The number of rotatable bonds is 21. The SMILES string of the molecule is CCCCCCCCCCCCC(C)(O)C1CC(=O)NC(CO)C(=O)N[C@H](C)C(=O)NC(CC(=O)O)C(=O)NC(CC(N)=O)C(=O)NC(CC(N)=O)C(=O)NC(CO)C(=O)N[C@H]([C@@H](C)O)C(=O)O1. The van der Waals surface area contributed by atoms with E-state index >= 15 is 0 Å². The Morgan fingerprint density at radius 3 is 1.47 bits per heavy atom. The summed E-state index contributed by atoms with van der Waals surface area (Å²) in [5.41, 5.74) is 8.55. The van der Waals surface area contributed by atoms with E-state index < -0.39 is 164 Å². The summed E-state index contributed by atoms with van der Waals surface area (Å²) in [6.07, 6.45) is 1.88. The standard InChI is InChI=1S/C42H71N9O17/c1-5-6-7-8-9-10-11-12-13-14-15-42(4,67)29-19-32(57)46-27(20-52)39(64)45-22(2)35(60)47-26(18-33(58)59)38(63)49-24(16-30(43)55)36(61)48-25(17-31(44)56)37(62)50-28(21-53)40(65)51-34(23(3)54)41(66)68-29/h22-29,34,52-54,67H,5-21H2,1-4H3,(H2,43,55)(H2,44,56)(H,45,64)(H,46,57)(H,47,60)(H,48,61)(H,49,63)(H,50,62)(H,51,65)(H,58,59)/t22-,23-,24?,25?,26?,27?,28?,29?,34-,42?/m1/s1. The molecule has 16 N–H and O–H groups in total. The Labute approximate surface area is 393 Å². The van der Waals surface area contributed by atoms with Crippen LogP contribution in [-0.2, 0) is 57.5 Å². The predicted molar refractivity (Wildman–Crippen MR) is 236 cm³/mol. The first-order valence-corrected chi connectivity index (χ1v) is 22.6. The van der Waals surface area contributed by atoms with Gasteiger partial charge in [0.15, 0.2) is 6.04 Å². The molecular weight excluding hydrogens is 903 g/mol. The van der Waals surface area contributed by atoms with Gasteiger partial charge in [-0.15, -0.1) is 0 Å². The summed E-state index contributed by atoms with van der Waals surface area (Å²) in [5.74, 6) is -14.5. The first-order chi connectivity index (χ1) is 31.9. The quantitative estimate of drug-likeness (QED) is 0.0380. The third-order valence-electron chi connectivity index (χ3n) is 10.9. The van der Waals surface area contributed by atoms with Crippen molar-refractivity contribution in [1.29, 1.82) is 0 Å². The van der Waals surface area contributed by atoms with Crippen LogP contribution in [0, 0.1) is 0 Å². The maximum atomic E-state index is 13.7. The van der Waals surface area contributed by atoms with Gasteiger partial charge in [-0.05, 0) is 27.2 Å². The molecule has 0 bridgehead atoms. The third-order valence-corrected chi connectivity index (χ3v) is 10.9. The molecule has 0 saturated carbocycles. The molecule has 26 heteroatoms. The molecule has 1 saturated heterocycles. The van der Waals surface area contributed by atoms with Crippen molar-refractivity contribution in [3.05, 3.63) is 0 Å². The van der Waals surface area contributed by atoms with Gasteiger partial charge in [0.2, 0.25) is 53.2 Å². The summed E-state index contributed by atoms with van der Waals surface area (Å²) in [4.78, 5) is 143. The molecule has 0 aromatic carbocycles. The van der Waals surface area contributed by atoms with E-state index in [1.54, 1.807) is 0 Å². The van der Waals surface area contributed by atoms with E-state index in [9.17, 15) is 78.3 Å². The Kier molecular flexibility index (Phi) is 26.8. The second-order valence-corrected chi connectivity index (χ2v) is 17.0. The Bertz CT molecular complexity index is 1760. The molecule has 1 fully saturated rings. The second kappa shape index (κ2) is 30.4. The number of carboxylic acids is 1. The van der Waals surface area contributed by atoms with E-state index in [-0.39, 0.29) is 6.42 Å². The fourth-order valence-corrected chi connectivity index (χ4v) is 6.87. The van der Waals surface area contributed by atoms with Crippen molar-refractivity contribution < 1.29 is 83.0 Å². The van der Waals surface area contributed by atoms with Crippen molar-refractivity contribution in [2.24, 2.45) is 11.5 Å². The average molecular weight is 974 g/mol. The van der Waals surface area contributed by atoms with Crippen molar-refractivity contribution in [3.8, 4) is 0 Å². The number of aliphatic hydroxyl groups excluding tert-OH is 3. The summed E-state index contributed by atoms with van der Waals surface area (Å²) in [5, 5.41) is 66.7. The number of carbonyl (C=O) groups is 11. The maximum absolute atomic E-state index is 13.7. The molecule has 1 aliphatic rings. The monoisotopic (exact) mass is 973 g/mol. The lowest BCUT2D eigenvalue weighted by Crippen LogP contribution is -2.61. The number of nitrogens with one attached hydrogen (secondary N) is 7. The topological polar surface area (TPSA) is 434 Å². The van der Waals surface area contributed by atoms with Crippen LogP contribution in [0.3, 0.4) is 0 Å². The van der Waals surface area contributed by atoms with Gasteiger partial charge in [0.05, 0.1) is 50.6 Å². The molecule has 9 amide bonds. The normalized spacial score (nSPS) is 25.8. The molecule has 386 valence electrons. The molecule has 0 aliphatic carbocycles. The van der Waals surface area contributed by atoms with Crippen LogP contribution in [0.25, 0.3) is 0 Å². The van der Waals surface area contributed by atoms with Gasteiger partial charge in [0.25, 0.3) is 0 Å². The van der Waals surface area contributed by atoms with E-state index in [0.717, 1.165) is 58.8 Å². The fraction of sp³-hybridized carbons (Fsp3) is 0.738. The van der Waals surface area contributed by atoms with Gasteiger partial charge in [0.1, 0.15) is 42.4 Å². The number of esters is 1. The van der Waals surface area contributed by atoms with Gasteiger partial charge < -0.3 is 79.0 Å². The largest absolute Gasteiger partial charge is 0.481 e. The molecule has 1 aliphatic heterocycles. The van der Waals surface area contributed by atoms with Crippen LogP contribution in [0.15, 0.2) is 0 Å². The first kappa shape index (κ1) is 60.0. The van der Waals surface area contributed by atoms with Crippen molar-refractivity contribution in [2.45, 2.75) is 184 Å².